The highest BCUT2D eigenvalue weighted by Gasteiger charge is 2.01. The van der Waals surface area contributed by atoms with Crippen LogP contribution in [-0.4, -0.2) is 4.68 Å². The molecule has 0 aliphatic carbocycles. The van der Waals surface area contributed by atoms with Crippen molar-refractivity contribution in [2.45, 2.75) is 6.92 Å². The lowest BCUT2D eigenvalue weighted by molar-refractivity contribution is -0.686. The summed E-state index contributed by atoms with van der Waals surface area (Å²) in [6.45, 7) is 2.07. The van der Waals surface area contributed by atoms with E-state index in [9.17, 15) is 0 Å². The quantitative estimate of drug-likeness (QED) is 0.454. The van der Waals surface area contributed by atoms with E-state index in [4.69, 9.17) is 0 Å². The molecule has 1 aromatic heterocycles. The van der Waals surface area contributed by atoms with Gasteiger partial charge in [0.05, 0.1) is 7.05 Å². The van der Waals surface area contributed by atoms with Crippen LogP contribution in [-0.2, 0) is 7.05 Å². The van der Waals surface area contributed by atoms with Gasteiger partial charge >= 0.3 is 0 Å². The van der Waals surface area contributed by atoms with E-state index in [0.29, 0.717) is 0 Å². The Labute approximate surface area is 78.0 Å². The first-order valence-electron chi connectivity index (χ1n) is 4.31. The Morgan fingerprint density at radius 3 is 2.46 bits per heavy atom. The van der Waals surface area contributed by atoms with Gasteiger partial charge in [-0.15, -0.1) is 0 Å². The number of hydrogen-bond acceptors (Lipinski definition) is 0. The Bertz CT molecular complexity index is 401. The van der Waals surface area contributed by atoms with Crippen LogP contribution in [0, 0.1) is 13.1 Å². The molecule has 0 atom stereocenters. The predicted octanol–water partition coefficient (Wildman–Crippen LogP) is 1.41. The fourth-order valence-electron chi connectivity index (χ4n) is 1.31. The van der Waals surface area contributed by atoms with E-state index in [0.717, 1.165) is 5.69 Å². The van der Waals surface area contributed by atoms with Gasteiger partial charge in [-0.25, -0.2) is 4.68 Å². The van der Waals surface area contributed by atoms with Gasteiger partial charge in [0.15, 0.2) is 0 Å². The lowest BCUT2D eigenvalue weighted by Gasteiger charge is -2.04. The average Bonchev–Trinajstić information content (AvgIpc) is 2.49. The zero-order valence-corrected chi connectivity index (χ0v) is 7.86. The number of para-hydroxylation sites is 1. The normalized spacial score (nSPS) is 10.3. The third-order valence-corrected chi connectivity index (χ3v) is 2.21. The Kier molecular flexibility index (Phi) is 1.89. The van der Waals surface area contributed by atoms with E-state index < -0.39 is 0 Å². The lowest BCUT2D eigenvalue weighted by atomic mass is 10.3. The first kappa shape index (κ1) is 8.05. The van der Waals surface area contributed by atoms with Gasteiger partial charge in [0.25, 0.3) is 0 Å². The minimum absolute atomic E-state index is 1.14. The zero-order chi connectivity index (χ0) is 9.26. The van der Waals surface area contributed by atoms with E-state index in [-0.39, 0.29) is 0 Å². The van der Waals surface area contributed by atoms with Gasteiger partial charge in [-0.1, -0.05) is 31.2 Å². The molecule has 0 aliphatic rings. The molecule has 2 rings (SSSR count). The maximum Gasteiger partial charge on any atom is 0.147 e. The molecule has 2 aromatic rings. The summed E-state index contributed by atoms with van der Waals surface area (Å²) in [4.78, 5) is 0. The summed E-state index contributed by atoms with van der Waals surface area (Å²) >= 11 is 0. The summed E-state index contributed by atoms with van der Waals surface area (Å²) in [5, 5.41) is 0. The molecule has 0 unspecified atom stereocenters. The standard InChI is InChI=1S/C11H12N2/c1-10-8-9-13(12(10)2)11-6-4-3-5-7-11/h3-8H,1-2H3. The Hall–Kier alpha value is -1.57. The Morgan fingerprint density at radius 2 is 1.92 bits per heavy atom. The van der Waals surface area contributed by atoms with Gasteiger partial charge < -0.3 is 0 Å². The summed E-state index contributed by atoms with van der Waals surface area (Å²) in [6, 6.07) is 12.2. The number of rotatable bonds is 1. The smallest absolute Gasteiger partial charge is 0.147 e. The van der Waals surface area contributed by atoms with Gasteiger partial charge in [-0.05, 0) is 17.8 Å². The molecule has 1 heterocycles. The van der Waals surface area contributed by atoms with E-state index in [2.05, 4.69) is 29.9 Å². The van der Waals surface area contributed by atoms with Crippen LogP contribution in [0.2, 0.25) is 0 Å². The fraction of sp³-hybridized carbons (Fsp3) is 0.182. The van der Waals surface area contributed by atoms with Crippen molar-refractivity contribution >= 4 is 0 Å². The van der Waals surface area contributed by atoms with E-state index in [1.807, 2.05) is 36.0 Å². The highest BCUT2D eigenvalue weighted by molar-refractivity contribution is 5.20. The molecular weight excluding hydrogens is 160 g/mol. The van der Waals surface area contributed by atoms with Crippen molar-refractivity contribution in [2.75, 3.05) is 0 Å². The summed E-state index contributed by atoms with van der Waals surface area (Å²) in [7, 11) is 2.03. The van der Waals surface area contributed by atoms with Crippen LogP contribution in [0.1, 0.15) is 5.69 Å². The first-order valence-corrected chi connectivity index (χ1v) is 4.31. The zero-order valence-electron chi connectivity index (χ0n) is 7.86. The minimum Gasteiger partial charge on any atom is -0.229 e. The molecule has 2 heteroatoms. The summed E-state index contributed by atoms with van der Waals surface area (Å²) < 4.78 is 4.06. The molecule has 66 valence electrons. The molecule has 0 saturated heterocycles. The third-order valence-electron chi connectivity index (χ3n) is 2.21. The molecule has 0 bridgehead atoms. The molecule has 0 aliphatic heterocycles. The number of aryl methyl sites for hydroxylation is 1. The molecule has 0 amide bonds. The van der Waals surface area contributed by atoms with E-state index >= 15 is 0 Å². The number of benzene rings is 1. The van der Waals surface area contributed by atoms with Gasteiger partial charge in [-0.2, -0.15) is 4.68 Å². The van der Waals surface area contributed by atoms with Crippen molar-refractivity contribution in [3.8, 4) is 5.69 Å². The van der Waals surface area contributed by atoms with Crippen molar-refractivity contribution < 1.29 is 4.68 Å². The number of hydrogen-bond donors (Lipinski definition) is 0. The molecule has 13 heavy (non-hydrogen) atoms. The average molecular weight is 172 g/mol. The summed E-state index contributed by atoms with van der Waals surface area (Å²) in [6.07, 6.45) is 3.17. The monoisotopic (exact) mass is 172 g/mol. The molecule has 2 nitrogen and oxygen atoms in total. The highest BCUT2D eigenvalue weighted by Crippen LogP contribution is 1.99. The Morgan fingerprint density at radius 1 is 1.23 bits per heavy atom. The number of aromatic nitrogens is 2. The maximum absolute atomic E-state index is 3.17. The number of nitrogens with zero attached hydrogens (tertiary/aromatic N) is 2. The van der Waals surface area contributed by atoms with Crippen molar-refractivity contribution in [1.29, 1.82) is 0 Å². The third kappa shape index (κ3) is 1.35. The predicted molar refractivity (Wildman–Crippen MR) is 50.5 cm³/mol. The van der Waals surface area contributed by atoms with Crippen molar-refractivity contribution in [3.63, 3.8) is 0 Å². The van der Waals surface area contributed by atoms with Crippen LogP contribution in [0.4, 0.5) is 0 Å². The van der Waals surface area contributed by atoms with Crippen LogP contribution in [0.5, 0.6) is 0 Å². The van der Waals surface area contributed by atoms with Crippen LogP contribution in [0.15, 0.2) is 36.4 Å². The Balaban J connectivity index is 2.53. The summed E-state index contributed by atoms with van der Waals surface area (Å²) in [5.41, 5.74) is 2.34. The van der Waals surface area contributed by atoms with E-state index in [1.54, 1.807) is 0 Å². The molecule has 0 saturated carbocycles. The maximum atomic E-state index is 3.17. The van der Waals surface area contributed by atoms with Crippen LogP contribution < -0.4 is 4.68 Å². The van der Waals surface area contributed by atoms with Crippen molar-refractivity contribution in [3.05, 3.63) is 48.3 Å². The SMILES string of the molecule is Cc1c[c-][n+](-c2ccccc2)n1C. The second-order valence-electron chi connectivity index (χ2n) is 3.09. The molecule has 1 aromatic carbocycles. The van der Waals surface area contributed by atoms with Gasteiger partial charge in [0, 0.05) is 0 Å². The van der Waals surface area contributed by atoms with Crippen LogP contribution in [0.3, 0.4) is 0 Å². The highest BCUT2D eigenvalue weighted by atomic mass is 15.4. The molecule has 0 N–H and O–H groups in total. The van der Waals surface area contributed by atoms with Crippen LogP contribution >= 0.6 is 0 Å². The molecular formula is C11H12N2. The second-order valence-corrected chi connectivity index (χ2v) is 3.09. The van der Waals surface area contributed by atoms with E-state index in [1.165, 1.54) is 5.69 Å². The minimum atomic E-state index is 1.14. The van der Waals surface area contributed by atoms with Crippen LogP contribution in [0.25, 0.3) is 5.69 Å². The van der Waals surface area contributed by atoms with Crippen molar-refractivity contribution in [1.82, 2.24) is 4.68 Å². The molecule has 0 fully saturated rings. The largest absolute Gasteiger partial charge is 0.229 e. The lowest BCUT2D eigenvalue weighted by Crippen LogP contribution is -2.39. The van der Waals surface area contributed by atoms with Gasteiger partial charge in [0.1, 0.15) is 11.9 Å². The molecule has 0 radical (unpaired) electrons. The summed E-state index contributed by atoms with van der Waals surface area (Å²) in [5.74, 6) is 0. The van der Waals surface area contributed by atoms with Crippen molar-refractivity contribution in [2.24, 2.45) is 7.05 Å². The second kappa shape index (κ2) is 3.05. The van der Waals surface area contributed by atoms with Gasteiger partial charge in [-0.3, -0.25) is 0 Å². The molecule has 0 spiro atoms. The fourth-order valence-corrected chi connectivity index (χ4v) is 1.31. The topological polar surface area (TPSA) is 8.81 Å². The first-order chi connectivity index (χ1) is 6.29. The van der Waals surface area contributed by atoms with Gasteiger partial charge in [0.2, 0.25) is 0 Å².